The number of benzene rings is 2. The Bertz CT molecular complexity index is 1490. The number of para-hydroxylation sites is 1. The quantitative estimate of drug-likeness (QED) is 0.430. The second-order valence-electron chi connectivity index (χ2n) is 6.92. The first kappa shape index (κ1) is 17.2. The van der Waals surface area contributed by atoms with E-state index in [0.29, 0.717) is 22.2 Å². The van der Waals surface area contributed by atoms with E-state index < -0.39 is 11.4 Å². The molecule has 0 aliphatic carbocycles. The molecule has 5 aromatic rings. The third kappa shape index (κ3) is 2.77. The van der Waals surface area contributed by atoms with E-state index >= 15 is 0 Å². The molecule has 0 N–H and O–H groups in total. The highest BCUT2D eigenvalue weighted by Crippen LogP contribution is 2.26. The van der Waals surface area contributed by atoms with Crippen molar-refractivity contribution in [2.24, 2.45) is 0 Å². The van der Waals surface area contributed by atoms with Gasteiger partial charge in [-0.05, 0) is 44.2 Å². The molecule has 0 aliphatic heterocycles. The Morgan fingerprint density at radius 3 is 2.62 bits per heavy atom. The minimum atomic E-state index is -0.561. The van der Waals surface area contributed by atoms with Crippen molar-refractivity contribution in [3.63, 3.8) is 0 Å². The lowest BCUT2D eigenvalue weighted by Gasteiger charge is -2.04. The van der Waals surface area contributed by atoms with E-state index in [1.54, 1.807) is 41.0 Å². The van der Waals surface area contributed by atoms with Gasteiger partial charge in [0, 0.05) is 17.0 Å². The van der Waals surface area contributed by atoms with Crippen LogP contribution in [0.3, 0.4) is 0 Å². The van der Waals surface area contributed by atoms with Crippen molar-refractivity contribution in [2.45, 2.75) is 19.9 Å². The predicted octanol–water partition coefficient (Wildman–Crippen LogP) is 4.00. The van der Waals surface area contributed by atoms with E-state index in [9.17, 15) is 9.59 Å². The summed E-state index contributed by atoms with van der Waals surface area (Å²) in [5.74, 6) is -0.0927. The summed E-state index contributed by atoms with van der Waals surface area (Å²) in [5, 5.41) is 4.71. The fourth-order valence-electron chi connectivity index (χ4n) is 3.33. The summed E-state index contributed by atoms with van der Waals surface area (Å²) in [6.45, 7) is 3.82. The minimum absolute atomic E-state index is 0.0292. The van der Waals surface area contributed by atoms with Gasteiger partial charge in [-0.3, -0.25) is 4.57 Å². The van der Waals surface area contributed by atoms with Gasteiger partial charge in [-0.15, -0.1) is 0 Å². The minimum Gasteiger partial charge on any atom is -0.422 e. The molecule has 0 saturated heterocycles. The summed E-state index contributed by atoms with van der Waals surface area (Å²) in [5.41, 5.74) is 1.82. The maximum absolute atomic E-state index is 12.3. The molecule has 2 aromatic carbocycles. The topological polar surface area (TPSA) is 104 Å². The van der Waals surface area contributed by atoms with E-state index in [-0.39, 0.29) is 23.3 Å². The van der Waals surface area contributed by atoms with Gasteiger partial charge < -0.3 is 13.4 Å². The van der Waals surface area contributed by atoms with E-state index in [1.807, 2.05) is 26.0 Å². The van der Waals surface area contributed by atoms with Gasteiger partial charge in [0.25, 0.3) is 5.89 Å². The average molecular weight is 389 g/mol. The first-order chi connectivity index (χ1) is 14.0. The zero-order valence-corrected chi connectivity index (χ0v) is 15.6. The van der Waals surface area contributed by atoms with Crippen molar-refractivity contribution >= 4 is 22.1 Å². The second kappa shape index (κ2) is 6.30. The van der Waals surface area contributed by atoms with Gasteiger partial charge in [-0.2, -0.15) is 4.98 Å². The van der Waals surface area contributed by atoms with Gasteiger partial charge in [-0.25, -0.2) is 9.59 Å². The summed E-state index contributed by atoms with van der Waals surface area (Å²) >= 11 is 0. The van der Waals surface area contributed by atoms with Crippen LogP contribution in [0.5, 0.6) is 0 Å². The highest BCUT2D eigenvalue weighted by molar-refractivity contribution is 5.81. The normalized spacial score (nSPS) is 11.7. The third-order valence-electron chi connectivity index (χ3n) is 4.69. The van der Waals surface area contributed by atoms with Crippen molar-refractivity contribution in [1.29, 1.82) is 0 Å². The van der Waals surface area contributed by atoms with E-state index in [4.69, 9.17) is 13.4 Å². The highest BCUT2D eigenvalue weighted by atomic mass is 16.5. The largest absolute Gasteiger partial charge is 0.422 e. The summed E-state index contributed by atoms with van der Waals surface area (Å²) in [7, 11) is 0. The first-order valence-electron chi connectivity index (χ1n) is 9.04. The Hall–Kier alpha value is -3.94. The molecule has 0 atom stereocenters. The monoisotopic (exact) mass is 389 g/mol. The van der Waals surface area contributed by atoms with Gasteiger partial charge in [-0.1, -0.05) is 23.4 Å². The van der Waals surface area contributed by atoms with Gasteiger partial charge in [0.05, 0.1) is 5.52 Å². The van der Waals surface area contributed by atoms with Crippen LogP contribution in [-0.2, 0) is 0 Å². The molecule has 8 nitrogen and oxygen atoms in total. The van der Waals surface area contributed by atoms with E-state index in [0.717, 1.165) is 5.39 Å². The van der Waals surface area contributed by atoms with Crippen LogP contribution in [0.25, 0.3) is 44.9 Å². The molecule has 0 unspecified atom stereocenters. The van der Waals surface area contributed by atoms with Crippen LogP contribution in [0, 0.1) is 0 Å². The van der Waals surface area contributed by atoms with Gasteiger partial charge >= 0.3 is 11.4 Å². The van der Waals surface area contributed by atoms with Crippen LogP contribution in [0.2, 0.25) is 0 Å². The fraction of sp³-hybridized carbons (Fsp3) is 0.143. The van der Waals surface area contributed by atoms with Crippen LogP contribution >= 0.6 is 0 Å². The number of aromatic nitrogens is 3. The Kier molecular flexibility index (Phi) is 3.73. The Morgan fingerprint density at radius 1 is 0.966 bits per heavy atom. The molecule has 0 aliphatic rings. The highest BCUT2D eigenvalue weighted by Gasteiger charge is 2.18. The summed E-state index contributed by atoms with van der Waals surface area (Å²) in [4.78, 5) is 28.7. The summed E-state index contributed by atoms with van der Waals surface area (Å²) < 4.78 is 17.5. The number of fused-ring (bicyclic) bond motifs is 2. The molecule has 0 spiro atoms. The molecular formula is C21H15N3O5. The van der Waals surface area contributed by atoms with Crippen LogP contribution in [-0.4, -0.2) is 14.7 Å². The predicted molar refractivity (Wildman–Crippen MR) is 106 cm³/mol. The zero-order valence-electron chi connectivity index (χ0n) is 15.6. The van der Waals surface area contributed by atoms with Crippen LogP contribution in [0.15, 0.2) is 71.5 Å². The van der Waals surface area contributed by atoms with E-state index in [1.165, 1.54) is 0 Å². The lowest BCUT2D eigenvalue weighted by atomic mass is 10.2. The standard InChI is InChI=1S/C21H15N3O5/c1-11(2)24-15-8-7-13(10-17(15)28-21(24)26)18-22-19(29-23-18)14-9-12-5-3-4-6-16(12)27-20(14)25/h3-11H,1-2H3. The van der Waals surface area contributed by atoms with Gasteiger partial charge in [0.2, 0.25) is 5.82 Å². The van der Waals surface area contributed by atoms with Crippen molar-refractivity contribution in [2.75, 3.05) is 0 Å². The molecule has 8 heteroatoms. The number of hydrogen-bond donors (Lipinski definition) is 0. The molecule has 0 radical (unpaired) electrons. The van der Waals surface area contributed by atoms with Crippen molar-refractivity contribution in [1.82, 2.24) is 14.7 Å². The SMILES string of the molecule is CC(C)n1c(=O)oc2cc(-c3noc(-c4cc5ccccc5oc4=O)n3)ccc21. The Labute approximate surface area is 163 Å². The number of nitrogens with zero attached hydrogens (tertiary/aromatic N) is 3. The van der Waals surface area contributed by atoms with Crippen LogP contribution < -0.4 is 11.4 Å². The average Bonchev–Trinajstić information content (AvgIpc) is 3.30. The lowest BCUT2D eigenvalue weighted by molar-refractivity contribution is 0.429. The summed E-state index contributed by atoms with van der Waals surface area (Å²) in [6.07, 6.45) is 0. The van der Waals surface area contributed by atoms with Gasteiger partial charge in [0.1, 0.15) is 11.1 Å². The third-order valence-corrected chi connectivity index (χ3v) is 4.69. The molecular weight excluding hydrogens is 374 g/mol. The zero-order chi connectivity index (χ0) is 20.1. The number of rotatable bonds is 3. The fourth-order valence-corrected chi connectivity index (χ4v) is 3.33. The smallest absolute Gasteiger partial charge is 0.420 e. The maximum Gasteiger partial charge on any atom is 0.420 e. The number of hydrogen-bond acceptors (Lipinski definition) is 7. The van der Waals surface area contributed by atoms with Crippen LogP contribution in [0.1, 0.15) is 19.9 Å². The second-order valence-corrected chi connectivity index (χ2v) is 6.92. The molecule has 144 valence electrons. The van der Waals surface area contributed by atoms with Crippen molar-refractivity contribution < 1.29 is 13.4 Å². The molecule has 3 aromatic heterocycles. The van der Waals surface area contributed by atoms with Crippen molar-refractivity contribution in [3.8, 4) is 22.8 Å². The summed E-state index contributed by atoms with van der Waals surface area (Å²) in [6, 6.07) is 14.0. The first-order valence-corrected chi connectivity index (χ1v) is 9.04. The molecule has 0 saturated carbocycles. The Morgan fingerprint density at radius 2 is 1.79 bits per heavy atom. The molecule has 0 amide bonds. The molecule has 3 heterocycles. The lowest BCUT2D eigenvalue weighted by Crippen LogP contribution is -2.15. The molecule has 0 fully saturated rings. The number of oxazole rings is 1. The molecule has 29 heavy (non-hydrogen) atoms. The Balaban J connectivity index is 1.59. The van der Waals surface area contributed by atoms with Gasteiger partial charge in [0.15, 0.2) is 5.58 Å². The van der Waals surface area contributed by atoms with Crippen LogP contribution in [0.4, 0.5) is 0 Å². The molecule has 0 bridgehead atoms. The van der Waals surface area contributed by atoms with E-state index in [2.05, 4.69) is 10.1 Å². The maximum atomic E-state index is 12.3. The van der Waals surface area contributed by atoms with Crippen molar-refractivity contribution in [3.05, 3.63) is 69.5 Å². The molecule has 5 rings (SSSR count).